The first kappa shape index (κ1) is 10.2. The lowest BCUT2D eigenvalue weighted by atomic mass is 10.2. The number of rotatable bonds is 4. The van der Waals surface area contributed by atoms with Crippen molar-refractivity contribution in [2.75, 3.05) is 6.61 Å². The number of hydrogen-bond acceptors (Lipinski definition) is 5. The monoisotopic (exact) mass is 220 g/mol. The maximum Gasteiger partial charge on any atom is 0.270 e. The molecule has 0 atom stereocenters. The summed E-state index contributed by atoms with van der Waals surface area (Å²) in [7, 11) is 0. The first-order chi connectivity index (χ1) is 7.72. The highest BCUT2D eigenvalue weighted by Crippen LogP contribution is 2.28. The molecule has 0 N–H and O–H groups in total. The van der Waals surface area contributed by atoms with E-state index < -0.39 is 4.92 Å². The fourth-order valence-electron chi connectivity index (χ4n) is 1.26. The first-order valence-electron chi connectivity index (χ1n) is 4.50. The summed E-state index contributed by atoms with van der Waals surface area (Å²) in [6, 6.07) is 4.20. The van der Waals surface area contributed by atoms with Gasteiger partial charge in [0.05, 0.1) is 10.3 Å². The van der Waals surface area contributed by atoms with E-state index in [-0.39, 0.29) is 18.2 Å². The number of nitro groups is 1. The molecule has 1 aromatic carbocycles. The number of nitrogens with zero attached hydrogens (tertiary/aromatic N) is 2. The van der Waals surface area contributed by atoms with Crippen LogP contribution in [0.25, 0.3) is 11.0 Å². The molecule has 0 fully saturated rings. The smallest absolute Gasteiger partial charge is 0.270 e. The molecule has 0 unspecified atom stereocenters. The van der Waals surface area contributed by atoms with E-state index in [4.69, 9.17) is 9.26 Å². The second-order valence-corrected chi connectivity index (χ2v) is 3.02. The van der Waals surface area contributed by atoms with E-state index in [2.05, 4.69) is 11.7 Å². The Balaban J connectivity index is 2.46. The van der Waals surface area contributed by atoms with Gasteiger partial charge >= 0.3 is 0 Å². The predicted molar refractivity (Wildman–Crippen MR) is 56.4 cm³/mol. The van der Waals surface area contributed by atoms with Crippen LogP contribution < -0.4 is 4.74 Å². The normalized spacial score (nSPS) is 10.2. The van der Waals surface area contributed by atoms with Crippen LogP contribution in [0, 0.1) is 10.1 Å². The van der Waals surface area contributed by atoms with Gasteiger partial charge in [-0.2, -0.15) is 0 Å². The molecular weight excluding hydrogens is 212 g/mol. The molecule has 6 heteroatoms. The number of non-ortho nitro benzene ring substituents is 1. The van der Waals surface area contributed by atoms with Gasteiger partial charge in [0.25, 0.3) is 11.6 Å². The van der Waals surface area contributed by atoms with Crippen molar-refractivity contribution in [3.63, 3.8) is 0 Å². The quantitative estimate of drug-likeness (QED) is 0.448. The third-order valence-electron chi connectivity index (χ3n) is 1.97. The van der Waals surface area contributed by atoms with E-state index in [9.17, 15) is 10.1 Å². The van der Waals surface area contributed by atoms with Gasteiger partial charge in [-0.3, -0.25) is 10.1 Å². The number of hydrogen-bond donors (Lipinski definition) is 0. The summed E-state index contributed by atoms with van der Waals surface area (Å²) in [5, 5.41) is 14.7. The van der Waals surface area contributed by atoms with Crippen LogP contribution in [0.5, 0.6) is 5.88 Å². The lowest BCUT2D eigenvalue weighted by Gasteiger charge is -1.96. The highest BCUT2D eigenvalue weighted by atomic mass is 16.6. The Labute approximate surface area is 90.3 Å². The average Bonchev–Trinajstić information content (AvgIpc) is 2.68. The van der Waals surface area contributed by atoms with Crippen LogP contribution in [-0.4, -0.2) is 16.7 Å². The van der Waals surface area contributed by atoms with E-state index in [1.54, 1.807) is 6.08 Å². The van der Waals surface area contributed by atoms with Gasteiger partial charge in [-0.1, -0.05) is 12.7 Å². The van der Waals surface area contributed by atoms with Crippen LogP contribution in [0.1, 0.15) is 0 Å². The molecule has 6 nitrogen and oxygen atoms in total. The zero-order valence-electron chi connectivity index (χ0n) is 8.25. The van der Waals surface area contributed by atoms with Gasteiger partial charge in [-0.25, -0.2) is 0 Å². The summed E-state index contributed by atoms with van der Waals surface area (Å²) >= 11 is 0. The van der Waals surface area contributed by atoms with Crippen LogP contribution in [-0.2, 0) is 0 Å². The summed E-state index contributed by atoms with van der Waals surface area (Å²) in [6.07, 6.45) is 1.55. The van der Waals surface area contributed by atoms with Gasteiger partial charge in [0, 0.05) is 12.1 Å². The second-order valence-electron chi connectivity index (χ2n) is 3.02. The largest absolute Gasteiger partial charge is 0.471 e. The van der Waals surface area contributed by atoms with Crippen molar-refractivity contribution in [2.45, 2.75) is 0 Å². The molecule has 0 bridgehead atoms. The van der Waals surface area contributed by atoms with E-state index in [0.29, 0.717) is 11.0 Å². The SMILES string of the molecule is C=CCOc1noc2ccc([N+](=O)[O-])cc12. The molecule has 82 valence electrons. The summed E-state index contributed by atoms with van der Waals surface area (Å²) in [6.45, 7) is 3.76. The maximum absolute atomic E-state index is 10.6. The van der Waals surface area contributed by atoms with Crippen LogP contribution in [0.4, 0.5) is 5.69 Å². The Kier molecular flexibility index (Phi) is 2.55. The van der Waals surface area contributed by atoms with E-state index in [0.717, 1.165) is 0 Å². The van der Waals surface area contributed by atoms with E-state index >= 15 is 0 Å². The molecule has 0 aliphatic heterocycles. The topological polar surface area (TPSA) is 78.4 Å². The Morgan fingerprint density at radius 3 is 3.12 bits per heavy atom. The Morgan fingerprint density at radius 2 is 2.44 bits per heavy atom. The molecule has 0 radical (unpaired) electrons. The molecule has 0 saturated carbocycles. The lowest BCUT2D eigenvalue weighted by molar-refractivity contribution is -0.384. The van der Waals surface area contributed by atoms with Crippen LogP contribution in [0.3, 0.4) is 0 Å². The maximum atomic E-state index is 10.6. The van der Waals surface area contributed by atoms with E-state index in [1.807, 2.05) is 0 Å². The minimum absolute atomic E-state index is 0.0286. The van der Waals surface area contributed by atoms with E-state index in [1.165, 1.54) is 18.2 Å². The Hall–Kier alpha value is -2.37. The van der Waals surface area contributed by atoms with Crippen LogP contribution in [0.15, 0.2) is 35.4 Å². The molecule has 0 aliphatic carbocycles. The molecule has 1 heterocycles. The summed E-state index contributed by atoms with van der Waals surface area (Å²) in [5.41, 5.74) is 0.420. The highest BCUT2D eigenvalue weighted by molar-refractivity contribution is 5.84. The molecule has 0 spiro atoms. The number of nitro benzene ring substituents is 1. The number of aromatic nitrogens is 1. The molecule has 2 aromatic rings. The summed E-state index contributed by atoms with van der Waals surface area (Å²) < 4.78 is 10.1. The third kappa shape index (κ3) is 1.72. The molecular formula is C10H8N2O4. The van der Waals surface area contributed by atoms with Crippen molar-refractivity contribution in [3.05, 3.63) is 41.0 Å². The van der Waals surface area contributed by atoms with Crippen molar-refractivity contribution in [3.8, 4) is 5.88 Å². The van der Waals surface area contributed by atoms with Crippen LogP contribution in [0.2, 0.25) is 0 Å². The van der Waals surface area contributed by atoms with Crippen LogP contribution >= 0.6 is 0 Å². The first-order valence-corrected chi connectivity index (χ1v) is 4.50. The summed E-state index contributed by atoms with van der Waals surface area (Å²) in [4.78, 5) is 10.1. The fourth-order valence-corrected chi connectivity index (χ4v) is 1.26. The Bertz CT molecular complexity index is 547. The van der Waals surface area contributed by atoms with Gasteiger partial charge in [0.2, 0.25) is 0 Å². The zero-order valence-corrected chi connectivity index (χ0v) is 8.25. The molecule has 2 rings (SSSR count). The molecule has 16 heavy (non-hydrogen) atoms. The number of fused-ring (bicyclic) bond motifs is 1. The second kappa shape index (κ2) is 4.01. The molecule has 0 amide bonds. The van der Waals surface area contributed by atoms with Crippen molar-refractivity contribution in [2.24, 2.45) is 0 Å². The van der Waals surface area contributed by atoms with Crippen molar-refractivity contribution < 1.29 is 14.2 Å². The minimum Gasteiger partial charge on any atom is -0.471 e. The van der Waals surface area contributed by atoms with Gasteiger partial charge in [0.1, 0.15) is 6.61 Å². The van der Waals surface area contributed by atoms with Gasteiger partial charge in [0.15, 0.2) is 5.58 Å². The molecule has 1 aromatic heterocycles. The van der Waals surface area contributed by atoms with Gasteiger partial charge in [-0.15, -0.1) is 0 Å². The van der Waals surface area contributed by atoms with Crippen molar-refractivity contribution in [1.82, 2.24) is 5.16 Å². The number of ether oxygens (including phenoxy) is 1. The highest BCUT2D eigenvalue weighted by Gasteiger charge is 2.14. The lowest BCUT2D eigenvalue weighted by Crippen LogP contribution is -1.93. The van der Waals surface area contributed by atoms with Crippen molar-refractivity contribution in [1.29, 1.82) is 0 Å². The predicted octanol–water partition coefficient (Wildman–Crippen LogP) is 2.30. The average molecular weight is 220 g/mol. The molecule has 0 aliphatic rings. The standard InChI is InChI=1S/C10H8N2O4/c1-2-5-15-10-8-6-7(12(13)14)3-4-9(8)16-11-10/h2-4,6H,1,5H2. The van der Waals surface area contributed by atoms with Crippen molar-refractivity contribution >= 4 is 16.7 Å². The zero-order chi connectivity index (χ0) is 11.5. The van der Waals surface area contributed by atoms with Gasteiger partial charge in [-0.05, 0) is 11.2 Å². The molecule has 0 saturated heterocycles. The third-order valence-corrected chi connectivity index (χ3v) is 1.97. The number of benzene rings is 1. The summed E-state index contributed by atoms with van der Waals surface area (Å²) in [5.74, 6) is 0.235. The van der Waals surface area contributed by atoms with Gasteiger partial charge < -0.3 is 9.26 Å². The minimum atomic E-state index is -0.482. The Morgan fingerprint density at radius 1 is 1.62 bits per heavy atom. The fraction of sp³-hybridized carbons (Fsp3) is 0.100.